The zero-order chi connectivity index (χ0) is 24.5. The van der Waals surface area contributed by atoms with Crippen LogP contribution in [0.2, 0.25) is 0 Å². The number of nitrogens with zero attached hydrogens (tertiary/aromatic N) is 5. The summed E-state index contributed by atoms with van der Waals surface area (Å²) in [6, 6.07) is 5.16. The lowest BCUT2D eigenvalue weighted by Crippen LogP contribution is -2.48. The fourth-order valence-electron chi connectivity index (χ4n) is 4.94. The number of benzene rings is 1. The predicted octanol–water partition coefficient (Wildman–Crippen LogP) is 3.74. The number of carbonyl (C=O) groups is 1. The van der Waals surface area contributed by atoms with Gasteiger partial charge >= 0.3 is 6.36 Å². The Kier molecular flexibility index (Phi) is 4.57. The van der Waals surface area contributed by atoms with Gasteiger partial charge in [0.1, 0.15) is 40.1 Å². The molecule has 4 aromatic rings. The molecular weight excluding hydrogens is 465 g/mol. The first-order chi connectivity index (χ1) is 16.7. The number of anilines is 1. The molecule has 0 unspecified atom stereocenters. The molecule has 1 aromatic carbocycles. The first-order valence-corrected chi connectivity index (χ1v) is 10.9. The Balaban J connectivity index is 1.38. The number of nitrogen functional groups attached to an aromatic ring is 1. The van der Waals surface area contributed by atoms with Crippen molar-refractivity contribution in [2.24, 2.45) is 5.92 Å². The molecule has 1 fully saturated rings. The van der Waals surface area contributed by atoms with Crippen molar-refractivity contribution in [1.29, 1.82) is 0 Å². The lowest BCUT2D eigenvalue weighted by Gasteiger charge is -2.39. The van der Waals surface area contributed by atoms with Gasteiger partial charge < -0.3 is 20.1 Å². The zero-order valence-electron chi connectivity index (χ0n) is 18.4. The van der Waals surface area contributed by atoms with Crippen molar-refractivity contribution in [2.75, 3.05) is 12.3 Å². The second-order valence-electron chi connectivity index (χ2n) is 8.74. The molecule has 1 amide bonds. The Morgan fingerprint density at radius 2 is 2.06 bits per heavy atom. The number of hydrogen-bond donors (Lipinski definition) is 1. The van der Waals surface area contributed by atoms with E-state index in [1.807, 2.05) is 6.92 Å². The lowest BCUT2D eigenvalue weighted by atomic mass is 9.86. The number of carbonyl (C=O) groups excluding carboxylic acids is 1. The average Bonchev–Trinajstić information content (AvgIpc) is 3.44. The fraction of sp³-hybridized carbons (Fsp3) is 0.304. The highest BCUT2D eigenvalue weighted by atomic mass is 19.4. The molecule has 3 aromatic heterocycles. The molecule has 2 aliphatic heterocycles. The number of alkyl halides is 3. The Hall–Kier alpha value is -4.09. The van der Waals surface area contributed by atoms with Crippen LogP contribution in [0, 0.1) is 5.92 Å². The summed E-state index contributed by atoms with van der Waals surface area (Å²) in [5.74, 6) is -0.0126. The van der Waals surface area contributed by atoms with Gasteiger partial charge in [-0.15, -0.1) is 13.2 Å². The molecule has 2 N–H and O–H groups in total. The number of hydrogen-bond acceptors (Lipinski definition) is 7. The minimum atomic E-state index is -4.81. The van der Waals surface area contributed by atoms with Crippen molar-refractivity contribution in [2.45, 2.75) is 31.9 Å². The van der Waals surface area contributed by atoms with Gasteiger partial charge in [0, 0.05) is 18.2 Å². The van der Waals surface area contributed by atoms with Gasteiger partial charge in [0.2, 0.25) is 0 Å². The number of ether oxygens (including phenoxy) is 2. The van der Waals surface area contributed by atoms with Gasteiger partial charge in [-0.2, -0.15) is 0 Å². The topological polar surface area (TPSA) is 108 Å². The van der Waals surface area contributed by atoms with Crippen molar-refractivity contribution in [3.63, 3.8) is 0 Å². The number of piperidine rings is 1. The molecule has 180 valence electrons. The van der Waals surface area contributed by atoms with Crippen LogP contribution in [0.25, 0.3) is 16.6 Å². The SMILES string of the molecule is C[C@H]1CCN(C(=O)c2cc3c(cn2)nc(N)c2cncn23)[C@H]2c3ccc(OC(F)(F)F)cc3O[C@@H]12. The second-order valence-corrected chi connectivity index (χ2v) is 8.74. The molecule has 12 heteroatoms. The molecule has 3 atom stereocenters. The van der Waals surface area contributed by atoms with Crippen LogP contribution in [0.5, 0.6) is 11.5 Å². The van der Waals surface area contributed by atoms with Gasteiger partial charge in [-0.05, 0) is 30.5 Å². The minimum absolute atomic E-state index is 0.0887. The first-order valence-electron chi connectivity index (χ1n) is 10.9. The Morgan fingerprint density at radius 1 is 1.23 bits per heavy atom. The first kappa shape index (κ1) is 21.4. The van der Waals surface area contributed by atoms with E-state index in [-0.39, 0.29) is 29.0 Å². The third-order valence-electron chi connectivity index (χ3n) is 6.58. The maximum atomic E-state index is 13.7. The molecule has 5 heterocycles. The zero-order valence-corrected chi connectivity index (χ0v) is 18.4. The van der Waals surface area contributed by atoms with Gasteiger partial charge in [0.25, 0.3) is 5.91 Å². The number of rotatable bonds is 2. The fourth-order valence-corrected chi connectivity index (χ4v) is 4.94. The molecule has 0 saturated carbocycles. The quantitative estimate of drug-likeness (QED) is 0.462. The van der Waals surface area contributed by atoms with E-state index < -0.39 is 18.5 Å². The van der Waals surface area contributed by atoms with Gasteiger partial charge in [0.15, 0.2) is 0 Å². The molecule has 6 rings (SSSR count). The summed E-state index contributed by atoms with van der Waals surface area (Å²) in [6.45, 7) is 2.45. The van der Waals surface area contributed by atoms with Crippen LogP contribution >= 0.6 is 0 Å². The molecule has 1 saturated heterocycles. The molecule has 9 nitrogen and oxygen atoms in total. The van der Waals surface area contributed by atoms with Crippen molar-refractivity contribution in [3.05, 3.63) is 54.2 Å². The standard InChI is InChI=1S/C23H19F3N6O3/c1-11-4-5-31(19-13-3-2-12(35-23(24,25)26)6-18(13)34-20(11)19)22(33)14-7-16-15(8-29-14)30-21(27)17-9-28-10-32(16)17/h2-3,6-11,19-20H,4-5H2,1H3,(H2,27,30)/t11-,19-,20-/m0/s1. The van der Waals surface area contributed by atoms with Crippen molar-refractivity contribution < 1.29 is 27.4 Å². The molecule has 0 bridgehead atoms. The summed E-state index contributed by atoms with van der Waals surface area (Å²) in [5, 5.41) is 0. The molecule has 0 spiro atoms. The number of pyridine rings is 1. The van der Waals surface area contributed by atoms with E-state index >= 15 is 0 Å². The van der Waals surface area contributed by atoms with Crippen LogP contribution in [0.3, 0.4) is 0 Å². The van der Waals surface area contributed by atoms with E-state index in [2.05, 4.69) is 19.7 Å². The number of amides is 1. The summed E-state index contributed by atoms with van der Waals surface area (Å²) in [6.07, 6.45) is 0.128. The molecule has 35 heavy (non-hydrogen) atoms. The molecule has 2 aliphatic rings. The second kappa shape index (κ2) is 7.45. The highest BCUT2D eigenvalue weighted by Gasteiger charge is 2.47. The van der Waals surface area contributed by atoms with E-state index in [4.69, 9.17) is 10.5 Å². The van der Waals surface area contributed by atoms with Crippen LogP contribution in [-0.2, 0) is 0 Å². The number of likely N-dealkylation sites (tertiary alicyclic amines) is 1. The summed E-state index contributed by atoms with van der Waals surface area (Å²) in [4.78, 5) is 28.1. The maximum absolute atomic E-state index is 13.7. The van der Waals surface area contributed by atoms with E-state index in [0.29, 0.717) is 40.9 Å². The molecular formula is C23H19F3N6O3. The van der Waals surface area contributed by atoms with E-state index in [1.165, 1.54) is 24.4 Å². The van der Waals surface area contributed by atoms with E-state index in [0.717, 1.165) is 0 Å². The minimum Gasteiger partial charge on any atom is -0.487 e. The van der Waals surface area contributed by atoms with Crippen LogP contribution < -0.4 is 15.2 Å². The molecule has 0 aliphatic carbocycles. The highest BCUT2D eigenvalue weighted by Crippen LogP contribution is 2.48. The monoisotopic (exact) mass is 484 g/mol. The normalized spacial score (nSPS) is 21.6. The summed E-state index contributed by atoms with van der Waals surface area (Å²) in [5.41, 5.74) is 8.58. The number of aromatic nitrogens is 4. The van der Waals surface area contributed by atoms with Crippen LogP contribution in [0.15, 0.2) is 43.0 Å². The van der Waals surface area contributed by atoms with E-state index in [1.54, 1.807) is 27.9 Å². The Labute approximate surface area is 196 Å². The number of fused-ring (bicyclic) bond motifs is 6. The van der Waals surface area contributed by atoms with Gasteiger partial charge in [-0.1, -0.05) is 6.92 Å². The average molecular weight is 484 g/mol. The predicted molar refractivity (Wildman–Crippen MR) is 118 cm³/mol. The van der Waals surface area contributed by atoms with Crippen molar-refractivity contribution in [3.8, 4) is 11.5 Å². The number of halogens is 3. The highest BCUT2D eigenvalue weighted by molar-refractivity contribution is 5.96. The van der Waals surface area contributed by atoms with E-state index in [9.17, 15) is 18.0 Å². The maximum Gasteiger partial charge on any atom is 0.573 e. The third kappa shape index (κ3) is 3.47. The Bertz CT molecular complexity index is 1490. The van der Waals surface area contributed by atoms with Gasteiger partial charge in [0.05, 0.1) is 30.3 Å². The van der Waals surface area contributed by atoms with Crippen LogP contribution in [0.1, 0.15) is 35.4 Å². The lowest BCUT2D eigenvalue weighted by molar-refractivity contribution is -0.274. The largest absolute Gasteiger partial charge is 0.573 e. The number of nitrogens with two attached hydrogens (primary N) is 1. The summed E-state index contributed by atoms with van der Waals surface area (Å²) >= 11 is 0. The summed E-state index contributed by atoms with van der Waals surface area (Å²) in [7, 11) is 0. The third-order valence-corrected chi connectivity index (χ3v) is 6.58. The van der Waals surface area contributed by atoms with Crippen LogP contribution in [-0.4, -0.2) is 49.2 Å². The van der Waals surface area contributed by atoms with Gasteiger partial charge in [-0.25, -0.2) is 15.0 Å². The smallest absolute Gasteiger partial charge is 0.487 e. The van der Waals surface area contributed by atoms with Crippen LogP contribution in [0.4, 0.5) is 19.0 Å². The summed E-state index contributed by atoms with van der Waals surface area (Å²) < 4.78 is 49.8. The molecule has 0 radical (unpaired) electrons. The van der Waals surface area contributed by atoms with Crippen molar-refractivity contribution in [1.82, 2.24) is 24.3 Å². The van der Waals surface area contributed by atoms with Gasteiger partial charge in [-0.3, -0.25) is 9.20 Å². The number of imidazole rings is 1. The Morgan fingerprint density at radius 3 is 2.86 bits per heavy atom. The van der Waals surface area contributed by atoms with Crippen molar-refractivity contribution >= 4 is 28.3 Å².